The number of nitrogens with two attached hydrogens (primary N) is 1. The molecule has 0 heterocycles. The number of anilines is 1. The van der Waals surface area contributed by atoms with Gasteiger partial charge in [0.15, 0.2) is 9.76 Å². The first kappa shape index (κ1) is 14.5. The van der Waals surface area contributed by atoms with Gasteiger partial charge in [-0.25, -0.2) is 0 Å². The molecule has 2 nitrogen and oxygen atoms in total. The fraction of sp³-hybridized carbons (Fsp3) is 0.538. The summed E-state index contributed by atoms with van der Waals surface area (Å²) in [5.41, 5.74) is 7.25. The zero-order valence-electron chi connectivity index (χ0n) is 11.3. The van der Waals surface area contributed by atoms with Gasteiger partial charge in [-0.1, -0.05) is 44.5 Å². The van der Waals surface area contributed by atoms with E-state index >= 15 is 0 Å². The Morgan fingerprint density at radius 1 is 1.18 bits per heavy atom. The van der Waals surface area contributed by atoms with Crippen molar-refractivity contribution in [2.75, 3.05) is 5.73 Å². The molecule has 0 bridgehead atoms. The molecule has 0 aromatic heterocycles. The van der Waals surface area contributed by atoms with Crippen LogP contribution in [0.4, 0.5) is 5.69 Å². The van der Waals surface area contributed by atoms with Crippen LogP contribution in [0, 0.1) is 0 Å². The molecule has 0 aliphatic heterocycles. The molecule has 0 amide bonds. The van der Waals surface area contributed by atoms with Crippen molar-refractivity contribution in [3.05, 3.63) is 28.8 Å². The summed E-state index contributed by atoms with van der Waals surface area (Å²) in [6, 6.07) is 5.70. The summed E-state index contributed by atoms with van der Waals surface area (Å²) in [6.45, 7) is 10.7. The van der Waals surface area contributed by atoms with Crippen LogP contribution in [0.3, 0.4) is 0 Å². The second-order valence-electron chi connectivity index (χ2n) is 6.06. The Kier molecular flexibility index (Phi) is 4.28. The lowest BCUT2D eigenvalue weighted by atomic mass is 9.97. The molecule has 96 valence electrons. The lowest BCUT2D eigenvalue weighted by Gasteiger charge is -2.31. The van der Waals surface area contributed by atoms with Crippen molar-refractivity contribution in [3.63, 3.8) is 0 Å². The molecule has 1 aromatic rings. The number of halogens is 1. The minimum absolute atomic E-state index is 0.268. The summed E-state index contributed by atoms with van der Waals surface area (Å²) in [6.07, 6.45) is 0. The highest BCUT2D eigenvalue weighted by molar-refractivity contribution is 6.33. The van der Waals surface area contributed by atoms with E-state index < -0.39 is 9.76 Å². The summed E-state index contributed by atoms with van der Waals surface area (Å²) in [5, 5.41) is 0.863. The van der Waals surface area contributed by atoms with Crippen LogP contribution in [-0.4, -0.2) is 9.76 Å². The van der Waals surface area contributed by atoms with E-state index in [0.29, 0.717) is 10.7 Å². The van der Waals surface area contributed by atoms with E-state index in [4.69, 9.17) is 21.8 Å². The molecule has 0 atom stereocenters. The molecular formula is C13H22ClNOSi. The monoisotopic (exact) mass is 271 g/mol. The van der Waals surface area contributed by atoms with Gasteiger partial charge in [0.25, 0.3) is 0 Å². The molecule has 0 radical (unpaired) electrons. The van der Waals surface area contributed by atoms with Gasteiger partial charge in [-0.05, 0) is 25.0 Å². The molecule has 0 aliphatic rings. The van der Waals surface area contributed by atoms with Gasteiger partial charge in [0, 0.05) is 5.56 Å². The highest BCUT2D eigenvalue weighted by Gasteiger charge is 2.26. The Balaban J connectivity index is 2.93. The van der Waals surface area contributed by atoms with Crippen molar-refractivity contribution >= 4 is 27.1 Å². The predicted molar refractivity (Wildman–Crippen MR) is 78.2 cm³/mol. The third kappa shape index (κ3) is 4.02. The first-order valence-electron chi connectivity index (χ1n) is 5.82. The SMILES string of the molecule is CC(C)(C)[SiH2]OC(C)(C)c1cccc(Cl)c1N. The molecular weight excluding hydrogens is 250 g/mol. The van der Waals surface area contributed by atoms with Crippen molar-refractivity contribution < 1.29 is 4.43 Å². The molecule has 0 unspecified atom stereocenters. The molecule has 4 heteroatoms. The smallest absolute Gasteiger partial charge is 0.168 e. The van der Waals surface area contributed by atoms with Crippen molar-refractivity contribution in [3.8, 4) is 0 Å². The quantitative estimate of drug-likeness (QED) is 0.675. The Labute approximate surface area is 111 Å². The number of para-hydroxylation sites is 1. The second-order valence-corrected chi connectivity index (χ2v) is 9.17. The van der Waals surface area contributed by atoms with Gasteiger partial charge in [0.05, 0.1) is 16.3 Å². The van der Waals surface area contributed by atoms with E-state index in [-0.39, 0.29) is 10.6 Å². The van der Waals surface area contributed by atoms with Crippen LogP contribution in [0.25, 0.3) is 0 Å². The molecule has 0 fully saturated rings. The maximum absolute atomic E-state index is 6.12. The lowest BCUT2D eigenvalue weighted by Crippen LogP contribution is -2.28. The summed E-state index contributed by atoms with van der Waals surface area (Å²) >= 11 is 6.04. The van der Waals surface area contributed by atoms with Crippen LogP contribution >= 0.6 is 11.6 Å². The molecule has 1 rings (SSSR count). The van der Waals surface area contributed by atoms with Crippen LogP contribution in [0.1, 0.15) is 40.2 Å². The average Bonchev–Trinajstić information content (AvgIpc) is 2.18. The standard InChI is InChI=1S/C13H22ClNOSi/c1-12(2,3)17-16-13(4,5)9-7-6-8-10(14)11(9)15/h6-8H,15,17H2,1-5H3. The van der Waals surface area contributed by atoms with E-state index in [1.165, 1.54) is 0 Å². The highest BCUT2D eigenvalue weighted by atomic mass is 35.5. The molecule has 1 aromatic carbocycles. The minimum atomic E-state index is -0.625. The maximum atomic E-state index is 6.12. The Hall–Kier alpha value is -0.513. The molecule has 0 saturated carbocycles. The zero-order chi connectivity index (χ0) is 13.3. The van der Waals surface area contributed by atoms with Gasteiger partial charge in [-0.2, -0.15) is 0 Å². The van der Waals surface area contributed by atoms with Crippen molar-refractivity contribution in [2.45, 2.75) is 45.3 Å². The summed E-state index contributed by atoms with van der Waals surface area (Å²) in [7, 11) is -0.625. The van der Waals surface area contributed by atoms with Gasteiger partial charge < -0.3 is 10.2 Å². The number of hydrogen-bond donors (Lipinski definition) is 1. The van der Waals surface area contributed by atoms with Crippen LogP contribution in [-0.2, 0) is 10.0 Å². The largest absolute Gasteiger partial charge is 0.414 e. The third-order valence-corrected chi connectivity index (χ3v) is 4.63. The molecule has 2 N–H and O–H groups in total. The van der Waals surface area contributed by atoms with Gasteiger partial charge in [-0.3, -0.25) is 0 Å². The Morgan fingerprint density at radius 3 is 2.29 bits per heavy atom. The number of nitrogen functional groups attached to an aromatic ring is 1. The van der Waals surface area contributed by atoms with E-state index in [1.54, 1.807) is 6.07 Å². The normalized spacial score (nSPS) is 13.5. The fourth-order valence-electron chi connectivity index (χ4n) is 1.54. The van der Waals surface area contributed by atoms with Crippen LogP contribution in [0.2, 0.25) is 10.1 Å². The van der Waals surface area contributed by atoms with Gasteiger partial charge in [0.1, 0.15) is 0 Å². The van der Waals surface area contributed by atoms with E-state index in [9.17, 15) is 0 Å². The zero-order valence-corrected chi connectivity index (χ0v) is 13.5. The van der Waals surface area contributed by atoms with Crippen LogP contribution in [0.5, 0.6) is 0 Å². The fourth-order valence-corrected chi connectivity index (χ4v) is 2.66. The summed E-state index contributed by atoms with van der Waals surface area (Å²) in [5.74, 6) is 0. The van der Waals surface area contributed by atoms with Crippen molar-refractivity contribution in [1.29, 1.82) is 0 Å². The maximum Gasteiger partial charge on any atom is 0.168 e. The average molecular weight is 272 g/mol. The third-order valence-electron chi connectivity index (χ3n) is 2.57. The minimum Gasteiger partial charge on any atom is -0.414 e. The first-order valence-corrected chi connectivity index (χ1v) is 7.48. The van der Waals surface area contributed by atoms with E-state index in [2.05, 4.69) is 20.8 Å². The first-order chi connectivity index (χ1) is 7.63. The van der Waals surface area contributed by atoms with E-state index in [1.807, 2.05) is 26.0 Å². The Morgan fingerprint density at radius 2 is 1.76 bits per heavy atom. The number of hydrogen-bond acceptors (Lipinski definition) is 2. The summed E-state index contributed by atoms with van der Waals surface area (Å²) in [4.78, 5) is 0. The second kappa shape index (κ2) is 5.00. The lowest BCUT2D eigenvalue weighted by molar-refractivity contribution is 0.110. The topological polar surface area (TPSA) is 35.2 Å². The number of benzene rings is 1. The predicted octanol–water partition coefficient (Wildman–Crippen LogP) is 3.48. The van der Waals surface area contributed by atoms with Gasteiger partial charge in [-0.15, -0.1) is 0 Å². The number of rotatable bonds is 3. The molecule has 0 aliphatic carbocycles. The molecule has 0 saturated heterocycles. The van der Waals surface area contributed by atoms with Gasteiger partial charge >= 0.3 is 0 Å². The van der Waals surface area contributed by atoms with Gasteiger partial charge in [0.2, 0.25) is 0 Å². The Bertz CT molecular complexity index is 399. The van der Waals surface area contributed by atoms with Crippen LogP contribution < -0.4 is 5.73 Å². The summed E-state index contributed by atoms with van der Waals surface area (Å²) < 4.78 is 6.12. The van der Waals surface area contributed by atoms with E-state index in [0.717, 1.165) is 5.56 Å². The molecule has 17 heavy (non-hydrogen) atoms. The van der Waals surface area contributed by atoms with Crippen molar-refractivity contribution in [1.82, 2.24) is 0 Å². The molecule has 0 spiro atoms. The van der Waals surface area contributed by atoms with Crippen LogP contribution in [0.15, 0.2) is 18.2 Å². The van der Waals surface area contributed by atoms with Crippen molar-refractivity contribution in [2.24, 2.45) is 0 Å². The highest BCUT2D eigenvalue weighted by Crippen LogP contribution is 2.35.